The zero-order valence-corrected chi connectivity index (χ0v) is 9.06. The maximum absolute atomic E-state index is 11.7. The van der Waals surface area contributed by atoms with Gasteiger partial charge in [0, 0.05) is 18.3 Å². The minimum absolute atomic E-state index is 0.0197. The van der Waals surface area contributed by atoms with Crippen LogP contribution in [-0.2, 0) is 0 Å². The Labute approximate surface area is 93.5 Å². The second kappa shape index (κ2) is 4.38. The molecule has 0 unspecified atom stereocenters. The summed E-state index contributed by atoms with van der Waals surface area (Å²) in [5.41, 5.74) is 0.0197. The molecule has 1 aromatic rings. The van der Waals surface area contributed by atoms with Gasteiger partial charge >= 0.3 is 0 Å². The van der Waals surface area contributed by atoms with Gasteiger partial charge in [0.15, 0.2) is 17.2 Å². The number of nitrogens with zero attached hydrogens (tertiary/aromatic N) is 1. The Kier molecular flexibility index (Phi) is 2.94. The van der Waals surface area contributed by atoms with Gasteiger partial charge in [-0.05, 0) is 19.3 Å². The molecule has 1 aromatic heterocycles. The number of pyridine rings is 1. The second-order valence-corrected chi connectivity index (χ2v) is 3.81. The summed E-state index contributed by atoms with van der Waals surface area (Å²) >= 11 is 0. The average molecular weight is 222 g/mol. The highest BCUT2D eigenvalue weighted by Crippen LogP contribution is 2.28. The molecule has 1 saturated carbocycles. The van der Waals surface area contributed by atoms with E-state index in [1.807, 2.05) is 0 Å². The number of amides is 1. The molecule has 0 aromatic carbocycles. The molecule has 5 nitrogen and oxygen atoms in total. The van der Waals surface area contributed by atoms with Crippen molar-refractivity contribution in [1.82, 2.24) is 10.3 Å². The zero-order valence-electron chi connectivity index (χ0n) is 9.06. The molecule has 1 fully saturated rings. The highest BCUT2D eigenvalue weighted by molar-refractivity contribution is 5.95. The fourth-order valence-corrected chi connectivity index (χ4v) is 1.57. The Morgan fingerprint density at radius 3 is 2.94 bits per heavy atom. The van der Waals surface area contributed by atoms with Crippen molar-refractivity contribution < 1.29 is 14.6 Å². The number of rotatable bonds is 3. The summed E-state index contributed by atoms with van der Waals surface area (Å²) < 4.78 is 4.91. The van der Waals surface area contributed by atoms with Crippen molar-refractivity contribution in [3.8, 4) is 11.5 Å². The van der Waals surface area contributed by atoms with Crippen molar-refractivity contribution >= 4 is 5.91 Å². The van der Waals surface area contributed by atoms with E-state index >= 15 is 0 Å². The van der Waals surface area contributed by atoms with Crippen LogP contribution in [0.2, 0.25) is 0 Å². The van der Waals surface area contributed by atoms with Gasteiger partial charge in [-0.2, -0.15) is 0 Å². The molecule has 1 aliphatic rings. The second-order valence-electron chi connectivity index (χ2n) is 3.81. The van der Waals surface area contributed by atoms with Crippen LogP contribution in [0.4, 0.5) is 0 Å². The Morgan fingerprint density at radius 1 is 1.62 bits per heavy atom. The first-order valence-corrected chi connectivity index (χ1v) is 5.25. The Morgan fingerprint density at radius 2 is 2.38 bits per heavy atom. The third-order valence-electron chi connectivity index (χ3n) is 2.76. The van der Waals surface area contributed by atoms with Crippen molar-refractivity contribution in [2.75, 3.05) is 7.11 Å². The number of hydrogen-bond donors (Lipinski definition) is 2. The van der Waals surface area contributed by atoms with Crippen molar-refractivity contribution in [2.45, 2.75) is 25.3 Å². The number of ether oxygens (including phenoxy) is 1. The number of aromatic nitrogens is 1. The highest BCUT2D eigenvalue weighted by Gasteiger charge is 2.23. The predicted molar refractivity (Wildman–Crippen MR) is 57.6 cm³/mol. The first kappa shape index (κ1) is 10.7. The summed E-state index contributed by atoms with van der Waals surface area (Å²) in [5.74, 6) is -0.295. The highest BCUT2D eigenvalue weighted by atomic mass is 16.5. The Bertz CT molecular complexity index is 402. The monoisotopic (exact) mass is 222 g/mol. The van der Waals surface area contributed by atoms with E-state index in [1.165, 1.54) is 19.4 Å². The van der Waals surface area contributed by atoms with Crippen LogP contribution in [0.25, 0.3) is 0 Å². The SMILES string of the molecule is COc1ccnc(C(=O)NC2CCC2)c1O. The van der Waals surface area contributed by atoms with E-state index in [-0.39, 0.29) is 29.1 Å². The van der Waals surface area contributed by atoms with Gasteiger partial charge in [0.1, 0.15) is 0 Å². The van der Waals surface area contributed by atoms with Gasteiger partial charge in [-0.1, -0.05) is 0 Å². The van der Waals surface area contributed by atoms with Crippen LogP contribution in [0.1, 0.15) is 29.8 Å². The molecule has 1 aliphatic carbocycles. The summed E-state index contributed by atoms with van der Waals surface area (Å²) in [6.45, 7) is 0. The number of hydrogen-bond acceptors (Lipinski definition) is 4. The summed E-state index contributed by atoms with van der Waals surface area (Å²) in [6.07, 6.45) is 4.57. The molecule has 1 amide bonds. The zero-order chi connectivity index (χ0) is 11.5. The van der Waals surface area contributed by atoms with Crippen LogP contribution in [0.15, 0.2) is 12.3 Å². The fraction of sp³-hybridized carbons (Fsp3) is 0.455. The smallest absolute Gasteiger partial charge is 0.274 e. The molecule has 0 spiro atoms. The van der Waals surface area contributed by atoms with Gasteiger partial charge in [-0.3, -0.25) is 4.79 Å². The molecule has 2 N–H and O–H groups in total. The minimum atomic E-state index is -0.346. The first-order valence-electron chi connectivity index (χ1n) is 5.25. The lowest BCUT2D eigenvalue weighted by Crippen LogP contribution is -2.39. The summed E-state index contributed by atoms with van der Waals surface area (Å²) in [7, 11) is 1.43. The topological polar surface area (TPSA) is 71.5 Å². The van der Waals surface area contributed by atoms with Crippen molar-refractivity contribution in [3.63, 3.8) is 0 Å². The van der Waals surface area contributed by atoms with E-state index < -0.39 is 0 Å². The number of carbonyl (C=O) groups is 1. The largest absolute Gasteiger partial charge is 0.503 e. The van der Waals surface area contributed by atoms with Crippen LogP contribution in [-0.4, -0.2) is 29.1 Å². The summed E-state index contributed by atoms with van der Waals surface area (Å²) in [6, 6.07) is 1.73. The summed E-state index contributed by atoms with van der Waals surface area (Å²) in [4.78, 5) is 15.6. The normalized spacial score (nSPS) is 15.3. The number of nitrogens with one attached hydrogen (secondary N) is 1. The molecule has 2 rings (SSSR count). The van der Waals surface area contributed by atoms with Crippen molar-refractivity contribution in [2.24, 2.45) is 0 Å². The van der Waals surface area contributed by atoms with Crippen LogP contribution in [0.5, 0.6) is 11.5 Å². The molecule has 0 atom stereocenters. The maximum Gasteiger partial charge on any atom is 0.274 e. The molecule has 5 heteroatoms. The average Bonchev–Trinajstić information content (AvgIpc) is 2.23. The molecular weight excluding hydrogens is 208 g/mol. The first-order chi connectivity index (χ1) is 7.72. The van der Waals surface area contributed by atoms with Crippen LogP contribution in [0, 0.1) is 0 Å². The number of carbonyl (C=O) groups excluding carboxylic acids is 1. The molecule has 0 aliphatic heterocycles. The third kappa shape index (κ3) is 1.93. The van der Waals surface area contributed by atoms with Gasteiger partial charge in [0.25, 0.3) is 5.91 Å². The molecular formula is C11H14N2O3. The predicted octanol–water partition coefficient (Wildman–Crippen LogP) is 1.08. The van der Waals surface area contributed by atoms with E-state index in [2.05, 4.69) is 10.3 Å². The van der Waals surface area contributed by atoms with Crippen LogP contribution in [0.3, 0.4) is 0 Å². The van der Waals surface area contributed by atoms with Gasteiger partial charge in [-0.15, -0.1) is 0 Å². The van der Waals surface area contributed by atoms with E-state index in [4.69, 9.17) is 4.74 Å². The van der Waals surface area contributed by atoms with Gasteiger partial charge in [0.05, 0.1) is 7.11 Å². The molecule has 16 heavy (non-hydrogen) atoms. The third-order valence-corrected chi connectivity index (χ3v) is 2.76. The summed E-state index contributed by atoms with van der Waals surface area (Å²) in [5, 5.41) is 12.5. The molecule has 86 valence electrons. The lowest BCUT2D eigenvalue weighted by molar-refractivity contribution is 0.0908. The Balaban J connectivity index is 2.15. The molecule has 0 saturated heterocycles. The maximum atomic E-state index is 11.7. The van der Waals surface area contributed by atoms with Gasteiger partial charge in [-0.25, -0.2) is 4.98 Å². The minimum Gasteiger partial charge on any atom is -0.503 e. The lowest BCUT2D eigenvalue weighted by atomic mass is 9.93. The van der Waals surface area contributed by atoms with Gasteiger partial charge < -0.3 is 15.2 Å². The van der Waals surface area contributed by atoms with Crippen LogP contribution < -0.4 is 10.1 Å². The van der Waals surface area contributed by atoms with Crippen molar-refractivity contribution in [3.05, 3.63) is 18.0 Å². The molecule has 0 bridgehead atoms. The van der Waals surface area contributed by atoms with Gasteiger partial charge in [0.2, 0.25) is 0 Å². The molecule has 0 radical (unpaired) electrons. The number of methoxy groups -OCH3 is 1. The number of aromatic hydroxyl groups is 1. The van der Waals surface area contributed by atoms with E-state index in [0.29, 0.717) is 0 Å². The fourth-order valence-electron chi connectivity index (χ4n) is 1.57. The van der Waals surface area contributed by atoms with E-state index in [1.54, 1.807) is 0 Å². The lowest BCUT2D eigenvalue weighted by Gasteiger charge is -2.26. The van der Waals surface area contributed by atoms with Crippen LogP contribution >= 0.6 is 0 Å². The molecule has 1 heterocycles. The quantitative estimate of drug-likeness (QED) is 0.802. The standard InChI is InChI=1S/C11H14N2O3/c1-16-8-5-6-12-9(10(8)14)11(15)13-7-3-2-4-7/h5-7,14H,2-4H2,1H3,(H,13,15). The Hall–Kier alpha value is -1.78. The van der Waals surface area contributed by atoms with E-state index in [9.17, 15) is 9.90 Å². The van der Waals surface area contributed by atoms with E-state index in [0.717, 1.165) is 19.3 Å². The van der Waals surface area contributed by atoms with Crippen molar-refractivity contribution in [1.29, 1.82) is 0 Å².